The van der Waals surface area contributed by atoms with Gasteiger partial charge in [0.15, 0.2) is 0 Å². The Kier molecular flexibility index (Phi) is 3.39. The highest BCUT2D eigenvalue weighted by molar-refractivity contribution is 5.43. The molecule has 0 aliphatic carbocycles. The largest absolute Gasteiger partial charge is 0.434 e. The monoisotopic (exact) mass is 227 g/mol. The Morgan fingerprint density at radius 2 is 2.25 bits per heavy atom. The summed E-state index contributed by atoms with van der Waals surface area (Å²) in [6, 6.07) is 5.56. The third kappa shape index (κ3) is 2.32. The van der Waals surface area contributed by atoms with Crippen molar-refractivity contribution in [2.75, 3.05) is 13.1 Å². The van der Waals surface area contributed by atoms with Crippen LogP contribution in [-0.2, 0) is 0 Å². The fraction of sp³-hybridized carbons (Fsp3) is 0.500. The Hall–Kier alpha value is -1.16. The van der Waals surface area contributed by atoms with Gasteiger partial charge in [-0.15, -0.1) is 0 Å². The molecular formula is C12H15F2NO. The Bertz CT molecular complexity index is 362. The first-order valence-electron chi connectivity index (χ1n) is 5.43. The van der Waals surface area contributed by atoms with Crippen molar-refractivity contribution >= 4 is 0 Å². The maximum Gasteiger partial charge on any atom is 0.387 e. The molecule has 1 atom stereocenters. The number of rotatable bonds is 3. The van der Waals surface area contributed by atoms with Crippen molar-refractivity contribution in [2.24, 2.45) is 0 Å². The molecule has 1 saturated heterocycles. The quantitative estimate of drug-likeness (QED) is 0.857. The molecule has 4 heteroatoms. The normalized spacial score (nSPS) is 20.4. The minimum Gasteiger partial charge on any atom is -0.434 e. The third-order valence-electron chi connectivity index (χ3n) is 2.95. The molecule has 0 amide bonds. The molecule has 1 aliphatic rings. The molecule has 0 spiro atoms. The number of ether oxygens (including phenoxy) is 1. The molecule has 0 bridgehead atoms. The van der Waals surface area contributed by atoms with E-state index in [1.807, 2.05) is 12.1 Å². The van der Waals surface area contributed by atoms with E-state index >= 15 is 0 Å². The van der Waals surface area contributed by atoms with Gasteiger partial charge in [-0.1, -0.05) is 18.2 Å². The first-order valence-corrected chi connectivity index (χ1v) is 5.43. The summed E-state index contributed by atoms with van der Waals surface area (Å²) in [6.07, 6.45) is 0.975. The van der Waals surface area contributed by atoms with Crippen LogP contribution in [-0.4, -0.2) is 19.7 Å². The summed E-state index contributed by atoms with van der Waals surface area (Å²) in [5, 5.41) is 3.23. The molecule has 2 nitrogen and oxygen atoms in total. The lowest BCUT2D eigenvalue weighted by atomic mass is 9.95. The number of hydrogen-bond acceptors (Lipinski definition) is 2. The van der Waals surface area contributed by atoms with E-state index in [1.54, 1.807) is 13.0 Å². The van der Waals surface area contributed by atoms with Crippen LogP contribution in [0.5, 0.6) is 5.75 Å². The Labute approximate surface area is 93.6 Å². The van der Waals surface area contributed by atoms with Crippen LogP contribution in [0.1, 0.15) is 23.5 Å². The standard InChI is InChI=1S/C12H15F2NO/c1-8-3-2-4-10(9-5-6-15-7-9)11(8)16-12(13)14/h2-4,9,12,15H,5-7H2,1H3. The van der Waals surface area contributed by atoms with Gasteiger partial charge in [0.2, 0.25) is 0 Å². The van der Waals surface area contributed by atoms with Gasteiger partial charge in [-0.05, 0) is 31.0 Å². The van der Waals surface area contributed by atoms with Crippen LogP contribution < -0.4 is 10.1 Å². The fourth-order valence-corrected chi connectivity index (χ4v) is 2.17. The highest BCUT2D eigenvalue weighted by Crippen LogP contribution is 2.34. The molecular weight excluding hydrogens is 212 g/mol. The maximum atomic E-state index is 12.3. The first kappa shape index (κ1) is 11.3. The van der Waals surface area contributed by atoms with Crippen molar-refractivity contribution in [3.05, 3.63) is 29.3 Å². The van der Waals surface area contributed by atoms with Gasteiger partial charge in [-0.2, -0.15) is 8.78 Å². The van der Waals surface area contributed by atoms with E-state index in [0.717, 1.165) is 30.6 Å². The average Bonchev–Trinajstić information content (AvgIpc) is 2.73. The summed E-state index contributed by atoms with van der Waals surface area (Å²) >= 11 is 0. The van der Waals surface area contributed by atoms with Gasteiger partial charge in [0, 0.05) is 12.5 Å². The van der Waals surface area contributed by atoms with Crippen molar-refractivity contribution in [3.8, 4) is 5.75 Å². The fourth-order valence-electron chi connectivity index (χ4n) is 2.17. The summed E-state index contributed by atoms with van der Waals surface area (Å²) in [5.41, 5.74) is 1.66. The van der Waals surface area contributed by atoms with Crippen LogP contribution in [0.15, 0.2) is 18.2 Å². The number of hydrogen-bond donors (Lipinski definition) is 1. The van der Waals surface area contributed by atoms with Crippen molar-refractivity contribution in [3.63, 3.8) is 0 Å². The van der Waals surface area contributed by atoms with Crippen LogP contribution in [0.4, 0.5) is 8.78 Å². The van der Waals surface area contributed by atoms with Crippen molar-refractivity contribution in [1.82, 2.24) is 5.32 Å². The van der Waals surface area contributed by atoms with Crippen molar-refractivity contribution < 1.29 is 13.5 Å². The molecule has 1 unspecified atom stereocenters. The number of aryl methyl sites for hydroxylation is 1. The number of alkyl halides is 2. The second-order valence-corrected chi connectivity index (χ2v) is 4.06. The number of halogens is 2. The number of nitrogens with one attached hydrogen (secondary N) is 1. The minimum absolute atomic E-state index is 0.286. The summed E-state index contributed by atoms with van der Waals surface area (Å²) in [7, 11) is 0. The molecule has 1 aliphatic heterocycles. The van der Waals surface area contributed by atoms with Gasteiger partial charge in [-0.3, -0.25) is 0 Å². The van der Waals surface area contributed by atoms with Gasteiger partial charge in [0.1, 0.15) is 5.75 Å². The van der Waals surface area contributed by atoms with Crippen LogP contribution in [0.25, 0.3) is 0 Å². The molecule has 0 radical (unpaired) electrons. The summed E-state index contributed by atoms with van der Waals surface area (Å²) < 4.78 is 29.3. The maximum absolute atomic E-state index is 12.3. The van der Waals surface area contributed by atoms with Crippen molar-refractivity contribution in [1.29, 1.82) is 0 Å². The predicted molar refractivity (Wildman–Crippen MR) is 58.0 cm³/mol. The molecule has 88 valence electrons. The summed E-state index contributed by atoms with van der Waals surface area (Å²) in [6.45, 7) is 0.813. The van der Waals surface area contributed by atoms with Crippen LogP contribution in [0.3, 0.4) is 0 Å². The van der Waals surface area contributed by atoms with Gasteiger partial charge in [-0.25, -0.2) is 0 Å². The molecule has 1 heterocycles. The zero-order valence-corrected chi connectivity index (χ0v) is 9.17. The van der Waals surface area contributed by atoms with Gasteiger partial charge >= 0.3 is 6.61 Å². The third-order valence-corrected chi connectivity index (χ3v) is 2.95. The van der Waals surface area contributed by atoms with Crippen molar-refractivity contribution in [2.45, 2.75) is 25.9 Å². The second kappa shape index (κ2) is 4.78. The molecule has 2 rings (SSSR count). The molecule has 0 saturated carbocycles. The van der Waals surface area contributed by atoms with E-state index in [-0.39, 0.29) is 5.92 Å². The van der Waals surface area contributed by atoms with E-state index in [2.05, 4.69) is 10.1 Å². The lowest BCUT2D eigenvalue weighted by molar-refractivity contribution is -0.0510. The SMILES string of the molecule is Cc1cccc(C2CCNC2)c1OC(F)F. The summed E-state index contributed by atoms with van der Waals surface area (Å²) in [5.74, 6) is 0.639. The van der Waals surface area contributed by atoms with E-state index in [0.29, 0.717) is 5.75 Å². The van der Waals surface area contributed by atoms with Crippen LogP contribution >= 0.6 is 0 Å². The van der Waals surface area contributed by atoms with Gasteiger partial charge in [0.05, 0.1) is 0 Å². The molecule has 1 fully saturated rings. The zero-order chi connectivity index (χ0) is 11.5. The molecule has 1 N–H and O–H groups in total. The second-order valence-electron chi connectivity index (χ2n) is 4.06. The smallest absolute Gasteiger partial charge is 0.387 e. The van der Waals surface area contributed by atoms with Gasteiger partial charge < -0.3 is 10.1 Å². The highest BCUT2D eigenvalue weighted by Gasteiger charge is 2.22. The summed E-state index contributed by atoms with van der Waals surface area (Å²) in [4.78, 5) is 0. The Morgan fingerprint density at radius 3 is 2.88 bits per heavy atom. The Balaban J connectivity index is 2.31. The van der Waals surface area contributed by atoms with Gasteiger partial charge in [0.25, 0.3) is 0 Å². The molecule has 1 aromatic rings. The van der Waals surface area contributed by atoms with E-state index in [1.165, 1.54) is 0 Å². The lowest BCUT2D eigenvalue weighted by Gasteiger charge is -2.17. The molecule has 0 aromatic heterocycles. The lowest BCUT2D eigenvalue weighted by Crippen LogP contribution is -2.11. The minimum atomic E-state index is -2.76. The van der Waals surface area contributed by atoms with E-state index in [9.17, 15) is 8.78 Å². The average molecular weight is 227 g/mol. The first-order chi connectivity index (χ1) is 7.68. The molecule has 1 aromatic carbocycles. The van der Waals surface area contributed by atoms with E-state index < -0.39 is 6.61 Å². The Morgan fingerprint density at radius 1 is 1.44 bits per heavy atom. The van der Waals surface area contributed by atoms with E-state index in [4.69, 9.17) is 0 Å². The van der Waals surface area contributed by atoms with Crippen LogP contribution in [0, 0.1) is 6.92 Å². The zero-order valence-electron chi connectivity index (χ0n) is 9.17. The highest BCUT2D eigenvalue weighted by atomic mass is 19.3. The number of benzene rings is 1. The van der Waals surface area contributed by atoms with Crippen LogP contribution in [0.2, 0.25) is 0 Å². The topological polar surface area (TPSA) is 21.3 Å². The number of para-hydroxylation sites is 1. The molecule has 16 heavy (non-hydrogen) atoms. The predicted octanol–water partition coefficient (Wildman–Crippen LogP) is 2.67.